The van der Waals surface area contributed by atoms with E-state index in [1.807, 2.05) is 24.3 Å². The fourth-order valence-electron chi connectivity index (χ4n) is 5.23. The number of hydrogen-bond acceptors (Lipinski definition) is 4. The third-order valence-corrected chi connectivity index (χ3v) is 7.04. The minimum Gasteiger partial charge on any atom is -0.508 e. The largest absolute Gasteiger partial charge is 0.508 e. The second-order valence-electron chi connectivity index (χ2n) is 9.41. The number of nitrogens with zero attached hydrogens (tertiary/aromatic N) is 2. The number of aryl methyl sites for hydroxylation is 1. The summed E-state index contributed by atoms with van der Waals surface area (Å²) in [5, 5.41) is 21.1. The highest BCUT2D eigenvalue weighted by molar-refractivity contribution is 5.93. The van der Waals surface area contributed by atoms with Crippen molar-refractivity contribution in [3.63, 3.8) is 0 Å². The molecule has 4 aromatic rings. The van der Waals surface area contributed by atoms with E-state index in [1.165, 1.54) is 43.5 Å². The number of aromatic hydroxyl groups is 2. The normalized spacial score (nSPS) is 14.0. The van der Waals surface area contributed by atoms with Gasteiger partial charge in [-0.1, -0.05) is 25.5 Å². The average Bonchev–Trinajstić information content (AvgIpc) is 3.18. The molecule has 0 spiro atoms. The van der Waals surface area contributed by atoms with Crippen molar-refractivity contribution in [1.82, 2.24) is 9.47 Å². The maximum absolute atomic E-state index is 10.2. The van der Waals surface area contributed by atoms with Gasteiger partial charge in [0.05, 0.1) is 5.69 Å². The van der Waals surface area contributed by atoms with Gasteiger partial charge in [0.2, 0.25) is 0 Å². The van der Waals surface area contributed by atoms with Crippen molar-refractivity contribution >= 4 is 23.3 Å². The maximum atomic E-state index is 10.2. The highest BCUT2D eigenvalue weighted by atomic mass is 35.5. The average molecular weight is 507 g/mol. The van der Waals surface area contributed by atoms with Crippen LogP contribution in [0.1, 0.15) is 37.3 Å². The number of piperidine rings is 1. The number of phenolic OH excluding ortho intramolecular Hbond substituents is 2. The Morgan fingerprint density at radius 1 is 0.833 bits per heavy atom. The second-order valence-corrected chi connectivity index (χ2v) is 9.41. The van der Waals surface area contributed by atoms with Crippen LogP contribution >= 0.6 is 12.4 Å². The van der Waals surface area contributed by atoms with Gasteiger partial charge < -0.3 is 19.5 Å². The van der Waals surface area contributed by atoms with Crippen LogP contribution in [0.3, 0.4) is 0 Å². The first-order valence-corrected chi connectivity index (χ1v) is 12.7. The number of benzene rings is 3. The summed E-state index contributed by atoms with van der Waals surface area (Å²) < 4.78 is 8.33. The maximum Gasteiger partial charge on any atom is 0.119 e. The Kier molecular flexibility index (Phi) is 8.44. The Balaban J connectivity index is 0.00000304. The number of halogens is 1. The highest BCUT2D eigenvalue weighted by Crippen LogP contribution is 2.37. The molecule has 1 aliphatic heterocycles. The van der Waals surface area contributed by atoms with Gasteiger partial charge in [0.15, 0.2) is 0 Å². The molecule has 1 aromatic heterocycles. The zero-order valence-corrected chi connectivity index (χ0v) is 21.6. The second kappa shape index (κ2) is 11.7. The summed E-state index contributed by atoms with van der Waals surface area (Å²) in [6.07, 6.45) is 4.79. The summed E-state index contributed by atoms with van der Waals surface area (Å²) in [6, 6.07) is 21.3. The number of rotatable bonds is 8. The van der Waals surface area contributed by atoms with Crippen molar-refractivity contribution < 1.29 is 14.9 Å². The van der Waals surface area contributed by atoms with E-state index in [9.17, 15) is 10.2 Å². The van der Waals surface area contributed by atoms with E-state index in [0.29, 0.717) is 6.54 Å². The third-order valence-electron chi connectivity index (χ3n) is 7.04. The van der Waals surface area contributed by atoms with E-state index in [0.717, 1.165) is 47.5 Å². The Hall–Kier alpha value is -3.15. The molecule has 0 amide bonds. The molecule has 0 atom stereocenters. The van der Waals surface area contributed by atoms with Crippen LogP contribution in [-0.2, 0) is 13.0 Å². The SMILES string of the molecule is CCc1c(-c2ccc(O)cc2)n(Cc2ccc(OCCN3CCCCC3)cc2)c2ccc(O)cc12.Cl. The lowest BCUT2D eigenvalue weighted by Crippen LogP contribution is -2.33. The van der Waals surface area contributed by atoms with Crippen LogP contribution in [0.4, 0.5) is 0 Å². The van der Waals surface area contributed by atoms with Crippen molar-refractivity contribution in [2.75, 3.05) is 26.2 Å². The van der Waals surface area contributed by atoms with Gasteiger partial charge in [0.1, 0.15) is 23.9 Å². The van der Waals surface area contributed by atoms with Gasteiger partial charge in [-0.15, -0.1) is 12.4 Å². The summed E-state index contributed by atoms with van der Waals surface area (Å²) >= 11 is 0. The Labute approximate surface area is 219 Å². The molecule has 5 nitrogen and oxygen atoms in total. The molecule has 6 heteroatoms. The predicted octanol–water partition coefficient (Wildman–Crippen LogP) is 6.62. The van der Waals surface area contributed by atoms with Crippen LogP contribution in [-0.4, -0.2) is 45.9 Å². The highest BCUT2D eigenvalue weighted by Gasteiger charge is 2.18. The zero-order valence-electron chi connectivity index (χ0n) is 20.8. The molecule has 2 heterocycles. The van der Waals surface area contributed by atoms with Crippen molar-refractivity contribution in [1.29, 1.82) is 0 Å². The summed E-state index contributed by atoms with van der Waals surface area (Å²) in [6.45, 7) is 6.92. The van der Waals surface area contributed by atoms with Crippen molar-refractivity contribution in [3.8, 4) is 28.5 Å². The van der Waals surface area contributed by atoms with Gasteiger partial charge in [-0.25, -0.2) is 0 Å². The van der Waals surface area contributed by atoms with Crippen LogP contribution in [0.2, 0.25) is 0 Å². The standard InChI is InChI=1S/C30H34N2O3.ClH/c1-2-27-28-20-25(34)12-15-29(28)32(30(27)23-8-10-24(33)11-9-23)21-22-6-13-26(14-7-22)35-19-18-31-16-4-3-5-17-31;/h6-15,20,33-34H,2-5,16-19,21H2,1H3;1H. The van der Waals surface area contributed by atoms with Crippen LogP contribution in [0.15, 0.2) is 66.7 Å². The van der Waals surface area contributed by atoms with Crippen LogP contribution < -0.4 is 4.74 Å². The lowest BCUT2D eigenvalue weighted by molar-refractivity contribution is 0.183. The first kappa shape index (κ1) is 25.9. The Bertz CT molecular complexity index is 1280. The quantitative estimate of drug-likeness (QED) is 0.282. The monoisotopic (exact) mass is 506 g/mol. The lowest BCUT2D eigenvalue weighted by atomic mass is 10.0. The molecule has 2 N–H and O–H groups in total. The fourth-order valence-corrected chi connectivity index (χ4v) is 5.23. The molecular weight excluding hydrogens is 472 g/mol. The summed E-state index contributed by atoms with van der Waals surface area (Å²) in [4.78, 5) is 2.49. The van der Waals surface area contributed by atoms with E-state index in [-0.39, 0.29) is 23.9 Å². The van der Waals surface area contributed by atoms with Crippen LogP contribution in [0.25, 0.3) is 22.2 Å². The summed E-state index contributed by atoms with van der Waals surface area (Å²) in [5.74, 6) is 1.43. The number of ether oxygens (including phenoxy) is 1. The molecular formula is C30H35ClN2O3. The number of aromatic nitrogens is 1. The van der Waals surface area contributed by atoms with Crippen molar-refractivity contribution in [3.05, 3.63) is 77.9 Å². The van der Waals surface area contributed by atoms with Gasteiger partial charge in [-0.2, -0.15) is 0 Å². The molecule has 1 aliphatic rings. The molecule has 1 fully saturated rings. The fraction of sp³-hybridized carbons (Fsp3) is 0.333. The number of phenols is 2. The molecule has 0 saturated carbocycles. The van der Waals surface area contributed by atoms with Crippen molar-refractivity contribution in [2.24, 2.45) is 0 Å². The van der Waals surface area contributed by atoms with Crippen LogP contribution in [0, 0.1) is 0 Å². The van der Waals surface area contributed by atoms with E-state index in [2.05, 4.69) is 40.7 Å². The van der Waals surface area contributed by atoms with Crippen LogP contribution in [0.5, 0.6) is 17.2 Å². The zero-order chi connectivity index (χ0) is 24.2. The number of fused-ring (bicyclic) bond motifs is 1. The molecule has 0 radical (unpaired) electrons. The molecule has 0 aliphatic carbocycles. The van der Waals surface area contributed by atoms with Crippen molar-refractivity contribution in [2.45, 2.75) is 39.2 Å². The smallest absolute Gasteiger partial charge is 0.119 e. The number of likely N-dealkylation sites (tertiary alicyclic amines) is 1. The topological polar surface area (TPSA) is 57.9 Å². The van der Waals surface area contributed by atoms with Gasteiger partial charge >= 0.3 is 0 Å². The van der Waals surface area contributed by atoms with Gasteiger partial charge in [0.25, 0.3) is 0 Å². The number of hydrogen-bond donors (Lipinski definition) is 2. The molecule has 36 heavy (non-hydrogen) atoms. The van der Waals surface area contributed by atoms with E-state index >= 15 is 0 Å². The van der Waals surface area contributed by atoms with Gasteiger partial charge in [0, 0.05) is 24.0 Å². The third kappa shape index (κ3) is 5.63. The van der Waals surface area contributed by atoms with Gasteiger partial charge in [-0.05, 0) is 104 Å². The summed E-state index contributed by atoms with van der Waals surface area (Å²) in [7, 11) is 0. The molecule has 1 saturated heterocycles. The molecule has 3 aromatic carbocycles. The Morgan fingerprint density at radius 3 is 2.22 bits per heavy atom. The first-order chi connectivity index (χ1) is 17.1. The van der Waals surface area contributed by atoms with E-state index in [4.69, 9.17) is 4.74 Å². The van der Waals surface area contributed by atoms with E-state index in [1.54, 1.807) is 18.2 Å². The lowest BCUT2D eigenvalue weighted by Gasteiger charge is -2.26. The summed E-state index contributed by atoms with van der Waals surface area (Å²) in [5.41, 5.74) is 5.63. The molecule has 5 rings (SSSR count). The Morgan fingerprint density at radius 2 is 1.53 bits per heavy atom. The predicted molar refractivity (Wildman–Crippen MR) is 149 cm³/mol. The van der Waals surface area contributed by atoms with E-state index < -0.39 is 0 Å². The molecule has 0 bridgehead atoms. The molecule has 0 unspecified atom stereocenters. The van der Waals surface area contributed by atoms with Gasteiger partial charge in [-0.3, -0.25) is 4.90 Å². The first-order valence-electron chi connectivity index (χ1n) is 12.7. The minimum atomic E-state index is 0. The minimum absolute atomic E-state index is 0. The molecule has 190 valence electrons.